The maximum absolute atomic E-state index is 10.0. The Balaban J connectivity index is 1.86. The van der Waals surface area contributed by atoms with Crippen LogP contribution in [0.2, 0.25) is 5.02 Å². The molecule has 1 fully saturated rings. The average Bonchev–Trinajstić information content (AvgIpc) is 2.89. The second kappa shape index (κ2) is 5.24. The molecule has 4 nitrogen and oxygen atoms in total. The molecular formula is C18H15ClN2O2. The maximum Gasteiger partial charge on any atom is 0.145 e. The fourth-order valence-electron chi connectivity index (χ4n) is 3.63. The quantitative estimate of drug-likeness (QED) is 0.797. The lowest BCUT2D eigenvalue weighted by molar-refractivity contribution is -0.147. The third-order valence-electron chi connectivity index (χ3n) is 4.63. The van der Waals surface area contributed by atoms with Gasteiger partial charge in [-0.1, -0.05) is 41.9 Å². The molecule has 1 saturated heterocycles. The van der Waals surface area contributed by atoms with Crippen molar-refractivity contribution in [1.29, 1.82) is 5.26 Å². The third kappa shape index (κ3) is 2.05. The Bertz CT molecular complexity index is 804. The van der Waals surface area contributed by atoms with Gasteiger partial charge in [0.15, 0.2) is 0 Å². The lowest BCUT2D eigenvalue weighted by Gasteiger charge is -2.37. The maximum atomic E-state index is 10.0. The van der Waals surface area contributed by atoms with E-state index in [1.807, 2.05) is 55.6 Å². The summed E-state index contributed by atoms with van der Waals surface area (Å²) in [6, 6.07) is 17.6. The number of fused-ring (bicyclic) bond motifs is 3. The molecule has 2 aromatic rings. The molecule has 0 aliphatic carbocycles. The van der Waals surface area contributed by atoms with Gasteiger partial charge in [0.05, 0.1) is 12.1 Å². The Kier molecular flexibility index (Phi) is 3.31. The van der Waals surface area contributed by atoms with Crippen molar-refractivity contribution in [2.75, 3.05) is 13.7 Å². The molecule has 0 radical (unpaired) electrons. The van der Waals surface area contributed by atoms with E-state index in [-0.39, 0.29) is 12.6 Å². The monoisotopic (exact) mass is 326 g/mol. The zero-order chi connectivity index (χ0) is 16.0. The first-order valence-electron chi connectivity index (χ1n) is 7.44. The summed E-state index contributed by atoms with van der Waals surface area (Å²) in [7, 11) is 1.86. The highest BCUT2D eigenvalue weighted by atomic mass is 35.5. The van der Waals surface area contributed by atoms with Gasteiger partial charge >= 0.3 is 0 Å². The van der Waals surface area contributed by atoms with E-state index in [4.69, 9.17) is 21.2 Å². The summed E-state index contributed by atoms with van der Waals surface area (Å²) in [4.78, 5) is 6.07. The highest BCUT2D eigenvalue weighted by Gasteiger charge is 2.60. The minimum Gasteiger partial charge on any atom is -0.491 e. The molecule has 0 unspecified atom stereocenters. The van der Waals surface area contributed by atoms with E-state index in [0.717, 1.165) is 16.9 Å². The fourth-order valence-corrected chi connectivity index (χ4v) is 3.83. The topological polar surface area (TPSA) is 45.5 Å². The van der Waals surface area contributed by atoms with Crippen molar-refractivity contribution in [3.8, 4) is 11.8 Å². The molecule has 5 heteroatoms. The number of ether oxygens (including phenoxy) is 1. The number of hydrogen-bond acceptors (Lipinski definition) is 4. The van der Waals surface area contributed by atoms with Gasteiger partial charge in [-0.2, -0.15) is 10.3 Å². The second-order valence-corrected chi connectivity index (χ2v) is 6.40. The van der Waals surface area contributed by atoms with Crippen molar-refractivity contribution in [2.24, 2.45) is 5.41 Å². The zero-order valence-corrected chi connectivity index (χ0v) is 13.3. The van der Waals surface area contributed by atoms with Crippen LogP contribution < -0.4 is 4.74 Å². The Morgan fingerprint density at radius 3 is 2.87 bits per heavy atom. The predicted octanol–water partition coefficient (Wildman–Crippen LogP) is 3.90. The van der Waals surface area contributed by atoms with Crippen molar-refractivity contribution >= 4 is 11.6 Å². The van der Waals surface area contributed by atoms with Crippen LogP contribution in [0.3, 0.4) is 0 Å². The normalized spacial score (nSPS) is 29.3. The van der Waals surface area contributed by atoms with Crippen molar-refractivity contribution < 1.29 is 9.57 Å². The van der Waals surface area contributed by atoms with Crippen molar-refractivity contribution in [3.63, 3.8) is 0 Å². The number of rotatable bonds is 1. The minimum absolute atomic E-state index is 0.179. The lowest BCUT2D eigenvalue weighted by atomic mass is 9.71. The van der Waals surface area contributed by atoms with Gasteiger partial charge in [-0.15, -0.1) is 0 Å². The number of para-hydroxylation sites is 1. The van der Waals surface area contributed by atoms with Crippen LogP contribution in [0, 0.1) is 16.7 Å². The van der Waals surface area contributed by atoms with Crippen LogP contribution in [0.4, 0.5) is 0 Å². The molecule has 0 saturated carbocycles. The number of benzene rings is 2. The van der Waals surface area contributed by atoms with Crippen molar-refractivity contribution in [3.05, 3.63) is 64.7 Å². The first-order valence-corrected chi connectivity index (χ1v) is 7.81. The van der Waals surface area contributed by atoms with Crippen LogP contribution in [0.1, 0.15) is 23.3 Å². The minimum atomic E-state index is -0.812. The summed E-state index contributed by atoms with van der Waals surface area (Å²) in [5, 5.41) is 12.4. The average molecular weight is 327 g/mol. The third-order valence-corrected chi connectivity index (χ3v) is 4.87. The highest BCUT2D eigenvalue weighted by molar-refractivity contribution is 6.30. The molecular weight excluding hydrogens is 312 g/mol. The van der Waals surface area contributed by atoms with Crippen LogP contribution in [-0.4, -0.2) is 18.7 Å². The molecule has 2 heterocycles. The Labute approximate surface area is 139 Å². The van der Waals surface area contributed by atoms with E-state index >= 15 is 0 Å². The molecule has 0 spiro atoms. The summed E-state index contributed by atoms with van der Waals surface area (Å²) in [6.45, 7) is 0.284. The lowest BCUT2D eigenvalue weighted by Crippen LogP contribution is -2.40. The van der Waals surface area contributed by atoms with Gasteiger partial charge in [0.2, 0.25) is 0 Å². The Morgan fingerprint density at radius 2 is 2.09 bits per heavy atom. The fraction of sp³-hybridized carbons (Fsp3) is 0.278. The first-order chi connectivity index (χ1) is 11.2. The van der Waals surface area contributed by atoms with E-state index in [2.05, 4.69) is 6.07 Å². The van der Waals surface area contributed by atoms with Crippen LogP contribution in [0.25, 0.3) is 0 Å². The van der Waals surface area contributed by atoms with Gasteiger partial charge in [-0.3, -0.25) is 4.84 Å². The first kappa shape index (κ1) is 14.5. The number of hydrogen-bond donors (Lipinski definition) is 0. The van der Waals surface area contributed by atoms with E-state index in [0.29, 0.717) is 5.02 Å². The molecule has 23 heavy (non-hydrogen) atoms. The largest absolute Gasteiger partial charge is 0.491 e. The smallest absolute Gasteiger partial charge is 0.145 e. The van der Waals surface area contributed by atoms with Crippen LogP contribution in [-0.2, 0) is 4.84 Å². The highest BCUT2D eigenvalue weighted by Crippen LogP contribution is 2.58. The molecule has 3 atom stereocenters. The van der Waals surface area contributed by atoms with Gasteiger partial charge in [0.1, 0.15) is 23.9 Å². The second-order valence-electron chi connectivity index (χ2n) is 5.97. The van der Waals surface area contributed by atoms with Crippen LogP contribution in [0.15, 0.2) is 48.5 Å². The Hall–Kier alpha value is -2.06. The van der Waals surface area contributed by atoms with E-state index in [9.17, 15) is 5.26 Å². The summed E-state index contributed by atoms with van der Waals surface area (Å²) in [6.07, 6.45) is -0.422. The van der Waals surface area contributed by atoms with Gasteiger partial charge in [0.25, 0.3) is 0 Å². The molecule has 2 aromatic carbocycles. The summed E-state index contributed by atoms with van der Waals surface area (Å²) >= 11 is 6.12. The molecule has 0 bridgehead atoms. The molecule has 0 N–H and O–H groups in total. The number of nitrogens with zero attached hydrogens (tertiary/aromatic N) is 2. The standard InChI is InChI=1S/C18H15ClN2O2/c1-21-16-14-7-2-3-8-15(14)22-11-18(16,10-20)17(23-21)12-5-4-6-13(19)9-12/h2-9,16-17H,11H2,1H3/t16-,17-,18+/m0/s1. The van der Waals surface area contributed by atoms with E-state index in [1.54, 1.807) is 5.06 Å². The number of halogens is 1. The van der Waals surface area contributed by atoms with Gasteiger partial charge in [0, 0.05) is 17.6 Å². The van der Waals surface area contributed by atoms with E-state index in [1.165, 1.54) is 0 Å². The van der Waals surface area contributed by atoms with Crippen LogP contribution >= 0.6 is 11.6 Å². The molecule has 4 rings (SSSR count). The summed E-state index contributed by atoms with van der Waals surface area (Å²) in [5.74, 6) is 0.811. The molecule has 116 valence electrons. The van der Waals surface area contributed by atoms with E-state index < -0.39 is 11.5 Å². The number of nitriles is 1. The Morgan fingerprint density at radius 1 is 1.26 bits per heavy atom. The van der Waals surface area contributed by atoms with Gasteiger partial charge in [-0.05, 0) is 23.8 Å². The SMILES string of the molecule is CN1O[C@@H](c2cccc(Cl)c2)[C@]2(C#N)COc3ccccc3[C@H]12. The van der Waals surface area contributed by atoms with Gasteiger partial charge < -0.3 is 4.74 Å². The van der Waals surface area contributed by atoms with Crippen LogP contribution in [0.5, 0.6) is 5.75 Å². The van der Waals surface area contributed by atoms with Crippen molar-refractivity contribution in [1.82, 2.24) is 5.06 Å². The zero-order valence-electron chi connectivity index (χ0n) is 12.6. The summed E-state index contributed by atoms with van der Waals surface area (Å²) in [5.41, 5.74) is 1.05. The molecule has 0 amide bonds. The molecule has 2 aliphatic heterocycles. The molecule has 2 aliphatic rings. The summed E-state index contributed by atoms with van der Waals surface area (Å²) < 4.78 is 5.90. The van der Waals surface area contributed by atoms with Crippen molar-refractivity contribution in [2.45, 2.75) is 12.1 Å². The van der Waals surface area contributed by atoms with Gasteiger partial charge in [-0.25, -0.2) is 0 Å². The number of hydroxylamine groups is 2. The molecule has 0 aromatic heterocycles. The predicted molar refractivity (Wildman–Crippen MR) is 85.8 cm³/mol.